The van der Waals surface area contributed by atoms with Crippen LogP contribution in [0.1, 0.15) is 43.5 Å². The molecule has 0 saturated heterocycles. The lowest BCUT2D eigenvalue weighted by Gasteiger charge is -2.36. The van der Waals surface area contributed by atoms with E-state index in [9.17, 15) is 0 Å². The molecule has 1 aromatic rings. The van der Waals surface area contributed by atoms with Crippen LogP contribution in [-0.4, -0.2) is 24.0 Å². The van der Waals surface area contributed by atoms with Crippen molar-refractivity contribution in [3.63, 3.8) is 0 Å². The lowest BCUT2D eigenvalue weighted by Crippen LogP contribution is -2.39. The molecule has 1 heterocycles. The van der Waals surface area contributed by atoms with E-state index in [1.807, 2.05) is 11.3 Å². The fourth-order valence-electron chi connectivity index (χ4n) is 2.55. The van der Waals surface area contributed by atoms with Crippen molar-refractivity contribution in [2.45, 2.75) is 50.7 Å². The molecule has 0 aliphatic heterocycles. The lowest BCUT2D eigenvalue weighted by molar-refractivity contribution is 0.142. The van der Waals surface area contributed by atoms with Crippen molar-refractivity contribution < 1.29 is 0 Å². The Balaban J connectivity index is 1.94. The van der Waals surface area contributed by atoms with Gasteiger partial charge in [-0.2, -0.15) is 0 Å². The predicted molar refractivity (Wildman–Crippen MR) is 70.7 cm³/mol. The molecule has 0 amide bonds. The number of nitrogens with two attached hydrogens (primary N) is 1. The van der Waals surface area contributed by atoms with Crippen LogP contribution in [0.3, 0.4) is 0 Å². The van der Waals surface area contributed by atoms with E-state index < -0.39 is 0 Å². The summed E-state index contributed by atoms with van der Waals surface area (Å²) in [5, 5.41) is 2.16. The third-order valence-electron chi connectivity index (χ3n) is 3.88. The molecule has 2 N–H and O–H groups in total. The Hall–Kier alpha value is -0.380. The van der Waals surface area contributed by atoms with E-state index in [0.717, 1.165) is 6.04 Å². The summed E-state index contributed by atoms with van der Waals surface area (Å²) in [6.07, 6.45) is 4.89. The summed E-state index contributed by atoms with van der Waals surface area (Å²) < 4.78 is 0. The summed E-state index contributed by atoms with van der Waals surface area (Å²) in [6, 6.07) is 6.08. The largest absolute Gasteiger partial charge is 0.328 e. The summed E-state index contributed by atoms with van der Waals surface area (Å²) in [6.45, 7) is 2.31. The normalized spacial score (nSPS) is 28.2. The molecule has 1 aliphatic carbocycles. The molecular formula is C13H22N2S. The van der Waals surface area contributed by atoms with Gasteiger partial charge in [0.15, 0.2) is 0 Å². The highest BCUT2D eigenvalue weighted by Gasteiger charge is 2.25. The Kier molecular flexibility index (Phi) is 4.00. The van der Waals surface area contributed by atoms with Gasteiger partial charge >= 0.3 is 0 Å². The summed E-state index contributed by atoms with van der Waals surface area (Å²) in [7, 11) is 2.26. The van der Waals surface area contributed by atoms with Crippen LogP contribution < -0.4 is 5.73 Å². The topological polar surface area (TPSA) is 29.3 Å². The number of thiophene rings is 1. The molecule has 0 aromatic carbocycles. The lowest BCUT2D eigenvalue weighted by atomic mass is 9.90. The number of nitrogens with zero attached hydrogens (tertiary/aromatic N) is 1. The first-order valence-corrected chi connectivity index (χ1v) is 7.07. The Labute approximate surface area is 102 Å². The fraction of sp³-hybridized carbons (Fsp3) is 0.692. The molecule has 2 nitrogen and oxygen atoms in total. The van der Waals surface area contributed by atoms with Crippen LogP contribution >= 0.6 is 11.3 Å². The van der Waals surface area contributed by atoms with Crippen molar-refractivity contribution in [3.8, 4) is 0 Å². The third kappa shape index (κ3) is 2.65. The first kappa shape index (κ1) is 12.1. The molecule has 1 saturated carbocycles. The SMILES string of the molecule is CC(c1cccs1)N(C)C1CCC(N)CC1. The van der Waals surface area contributed by atoms with E-state index in [4.69, 9.17) is 5.73 Å². The maximum atomic E-state index is 5.95. The smallest absolute Gasteiger partial charge is 0.0413 e. The minimum absolute atomic E-state index is 0.446. The maximum Gasteiger partial charge on any atom is 0.0413 e. The number of hydrogen-bond donors (Lipinski definition) is 1. The molecule has 2 rings (SSSR count). The second-order valence-electron chi connectivity index (χ2n) is 4.93. The molecule has 0 radical (unpaired) electrons. The molecule has 0 bridgehead atoms. The molecule has 3 heteroatoms. The summed E-state index contributed by atoms with van der Waals surface area (Å²) in [4.78, 5) is 4.00. The highest BCUT2D eigenvalue weighted by Crippen LogP contribution is 2.30. The van der Waals surface area contributed by atoms with Gasteiger partial charge in [0.05, 0.1) is 0 Å². The van der Waals surface area contributed by atoms with Crippen molar-refractivity contribution >= 4 is 11.3 Å². The minimum Gasteiger partial charge on any atom is -0.328 e. The highest BCUT2D eigenvalue weighted by atomic mass is 32.1. The zero-order chi connectivity index (χ0) is 11.5. The van der Waals surface area contributed by atoms with E-state index in [-0.39, 0.29) is 0 Å². The average Bonchev–Trinajstić information content (AvgIpc) is 2.81. The second-order valence-corrected chi connectivity index (χ2v) is 5.90. The fourth-order valence-corrected chi connectivity index (χ4v) is 3.39. The zero-order valence-electron chi connectivity index (χ0n) is 10.2. The molecule has 1 aliphatic rings. The van der Waals surface area contributed by atoms with Crippen LogP contribution in [0.5, 0.6) is 0 Å². The van der Waals surface area contributed by atoms with Crippen LogP contribution in [0.15, 0.2) is 17.5 Å². The van der Waals surface area contributed by atoms with E-state index in [1.54, 1.807) is 0 Å². The summed E-state index contributed by atoms with van der Waals surface area (Å²) >= 11 is 1.86. The second kappa shape index (κ2) is 5.30. The van der Waals surface area contributed by atoms with Gasteiger partial charge in [-0.1, -0.05) is 6.07 Å². The van der Waals surface area contributed by atoms with Gasteiger partial charge in [0, 0.05) is 23.0 Å². The molecular weight excluding hydrogens is 216 g/mol. The summed E-state index contributed by atoms with van der Waals surface area (Å²) in [5.74, 6) is 0. The number of hydrogen-bond acceptors (Lipinski definition) is 3. The van der Waals surface area contributed by atoms with Gasteiger partial charge in [-0.15, -0.1) is 11.3 Å². The van der Waals surface area contributed by atoms with E-state index in [0.29, 0.717) is 12.1 Å². The van der Waals surface area contributed by atoms with E-state index >= 15 is 0 Å². The van der Waals surface area contributed by atoms with Crippen LogP contribution in [0.4, 0.5) is 0 Å². The van der Waals surface area contributed by atoms with Crippen molar-refractivity contribution in [1.29, 1.82) is 0 Å². The molecule has 1 fully saturated rings. The monoisotopic (exact) mass is 238 g/mol. The van der Waals surface area contributed by atoms with Gasteiger partial charge < -0.3 is 5.73 Å². The zero-order valence-corrected chi connectivity index (χ0v) is 11.0. The molecule has 1 atom stereocenters. The first-order chi connectivity index (χ1) is 7.68. The van der Waals surface area contributed by atoms with Crippen LogP contribution in [0.2, 0.25) is 0 Å². The molecule has 1 aromatic heterocycles. The molecule has 90 valence electrons. The maximum absolute atomic E-state index is 5.95. The first-order valence-electron chi connectivity index (χ1n) is 6.19. The van der Waals surface area contributed by atoms with Crippen LogP contribution in [0.25, 0.3) is 0 Å². The Bertz CT molecular complexity index is 302. The standard InChI is InChI=1S/C13H22N2S/c1-10(13-4-3-9-16-13)15(2)12-7-5-11(14)6-8-12/h3-4,9-12H,5-8,14H2,1-2H3. The quantitative estimate of drug-likeness (QED) is 0.877. The van der Waals surface area contributed by atoms with Gasteiger partial charge in [0.25, 0.3) is 0 Å². The van der Waals surface area contributed by atoms with Crippen molar-refractivity contribution in [2.75, 3.05) is 7.05 Å². The van der Waals surface area contributed by atoms with Crippen LogP contribution in [0, 0.1) is 0 Å². The Morgan fingerprint density at radius 3 is 2.62 bits per heavy atom. The molecule has 1 unspecified atom stereocenters. The highest BCUT2D eigenvalue weighted by molar-refractivity contribution is 7.10. The minimum atomic E-state index is 0.446. The molecule has 0 spiro atoms. The van der Waals surface area contributed by atoms with Gasteiger partial charge in [0.2, 0.25) is 0 Å². The Morgan fingerprint density at radius 2 is 2.06 bits per heavy atom. The summed E-state index contributed by atoms with van der Waals surface area (Å²) in [5.41, 5.74) is 5.95. The number of rotatable bonds is 3. The van der Waals surface area contributed by atoms with Gasteiger partial charge in [-0.3, -0.25) is 4.90 Å². The van der Waals surface area contributed by atoms with E-state index in [1.165, 1.54) is 30.6 Å². The van der Waals surface area contributed by atoms with Crippen LogP contribution in [-0.2, 0) is 0 Å². The average molecular weight is 238 g/mol. The van der Waals surface area contributed by atoms with E-state index in [2.05, 4.69) is 36.4 Å². The predicted octanol–water partition coefficient (Wildman–Crippen LogP) is 3.01. The Morgan fingerprint density at radius 1 is 1.38 bits per heavy atom. The molecule has 16 heavy (non-hydrogen) atoms. The third-order valence-corrected chi connectivity index (χ3v) is 4.93. The van der Waals surface area contributed by atoms with Crippen molar-refractivity contribution in [3.05, 3.63) is 22.4 Å². The van der Waals surface area contributed by atoms with Gasteiger partial charge in [0.1, 0.15) is 0 Å². The van der Waals surface area contributed by atoms with Gasteiger partial charge in [-0.25, -0.2) is 0 Å². The van der Waals surface area contributed by atoms with Gasteiger partial charge in [-0.05, 0) is 51.1 Å². The van der Waals surface area contributed by atoms with Crippen molar-refractivity contribution in [1.82, 2.24) is 4.90 Å². The van der Waals surface area contributed by atoms with Crippen molar-refractivity contribution in [2.24, 2.45) is 5.73 Å².